The highest BCUT2D eigenvalue weighted by molar-refractivity contribution is 5.91. The zero-order valence-corrected chi connectivity index (χ0v) is 27.4. The summed E-state index contributed by atoms with van der Waals surface area (Å²) in [5.41, 5.74) is -1.56. The number of fused-ring (bicyclic) bond motifs is 6. The Bertz CT molecular complexity index is 1370. The minimum absolute atomic E-state index is 0.0139. The number of ether oxygens (including phenoxy) is 5. The van der Waals surface area contributed by atoms with Gasteiger partial charge in [0.2, 0.25) is 5.79 Å². The van der Waals surface area contributed by atoms with Crippen molar-refractivity contribution in [3.8, 4) is 0 Å². The molecule has 0 radical (unpaired) electrons. The molecule has 4 aliphatic heterocycles. The van der Waals surface area contributed by atoms with E-state index in [0.717, 1.165) is 38.5 Å². The second-order valence-corrected chi connectivity index (χ2v) is 18.0. The first-order valence-electron chi connectivity index (χ1n) is 17.4. The molecule has 9 aliphatic rings. The van der Waals surface area contributed by atoms with Crippen LogP contribution in [0.4, 0.5) is 0 Å². The molecule has 250 valence electrons. The van der Waals surface area contributed by atoms with Crippen molar-refractivity contribution in [2.45, 2.75) is 147 Å². The number of aliphatic hydroxyl groups excluding tert-OH is 3. The Balaban J connectivity index is 0.999. The van der Waals surface area contributed by atoms with Gasteiger partial charge in [0, 0.05) is 18.3 Å². The van der Waals surface area contributed by atoms with Gasteiger partial charge in [0.1, 0.15) is 24.1 Å². The number of Topliss-reactive ketones (excluding diaryl/α,β-unsaturated/α-hetero) is 1. The number of carbonyl (C=O) groups excluding carboxylic acids is 2. The van der Waals surface area contributed by atoms with Gasteiger partial charge in [-0.2, -0.15) is 0 Å². The van der Waals surface area contributed by atoms with Crippen molar-refractivity contribution < 1.29 is 48.6 Å². The SMILES string of the molecule is C[C@@H]1C[C@]2(OC(=O)[C@@]3(C)O[C@@H]23)O[C@H]2C[C@@]3(C)[C@@H]4CCC5C(C)(C)[C@@H](O[C@@H]6OC[C@@H](O)[C@H](O)[C@H]6O)CC(=O)[C@@]56C[C@@]46CC[C@]3(C)[C@@H]12. The van der Waals surface area contributed by atoms with E-state index in [1.807, 2.05) is 6.92 Å². The standard InChI is InChI=1S/C35H50O10/c1-16-12-35(27-32(6,44-27)28(40)45-35)43-18-13-31(5)20-8-7-19-29(2,3)22(42-26-25(39)24(38)17(36)14-41-26)11-21(37)34(19)15-33(20,34)10-9-30(31,4)23(16)18/h16-20,22-27,36,38-39H,7-15H2,1-6H3/t16-,17-,18+,19?,20+,22+,23+,24+,25-,26+,27-,30-,31+,32+,33+,34-,35-/m1/s1. The van der Waals surface area contributed by atoms with Gasteiger partial charge in [-0.05, 0) is 90.8 Å². The van der Waals surface area contributed by atoms with Crippen LogP contribution in [0.5, 0.6) is 0 Å². The smallest absolute Gasteiger partial charge is 0.343 e. The fraction of sp³-hybridized carbons (Fsp3) is 0.943. The van der Waals surface area contributed by atoms with Crippen molar-refractivity contribution in [3.63, 3.8) is 0 Å². The van der Waals surface area contributed by atoms with Crippen LogP contribution in [-0.2, 0) is 33.3 Å². The Morgan fingerprint density at radius 3 is 2.31 bits per heavy atom. The monoisotopic (exact) mass is 630 g/mol. The van der Waals surface area contributed by atoms with E-state index >= 15 is 0 Å². The first-order valence-corrected chi connectivity index (χ1v) is 17.4. The second kappa shape index (κ2) is 8.52. The van der Waals surface area contributed by atoms with Crippen LogP contribution in [0.2, 0.25) is 0 Å². The lowest BCUT2D eigenvalue weighted by Gasteiger charge is -2.63. The average molecular weight is 631 g/mol. The van der Waals surface area contributed by atoms with Gasteiger partial charge in [0.05, 0.1) is 18.8 Å². The van der Waals surface area contributed by atoms with Gasteiger partial charge in [-0.3, -0.25) is 4.79 Å². The van der Waals surface area contributed by atoms with Gasteiger partial charge in [0.25, 0.3) is 0 Å². The third-order valence-corrected chi connectivity index (χ3v) is 16.1. The lowest BCUT2D eigenvalue weighted by Crippen LogP contribution is -2.62. The molecule has 0 aromatic heterocycles. The summed E-state index contributed by atoms with van der Waals surface area (Å²) in [7, 11) is 0. The predicted octanol–water partition coefficient (Wildman–Crippen LogP) is 2.87. The molecule has 0 aromatic carbocycles. The quantitative estimate of drug-likeness (QED) is 0.237. The fourth-order valence-electron chi connectivity index (χ4n) is 13.8. The molecule has 5 aliphatic carbocycles. The summed E-state index contributed by atoms with van der Waals surface area (Å²) in [6.07, 6.45) is 1.07. The maximum absolute atomic E-state index is 14.5. The number of hydrogen-bond donors (Lipinski definition) is 3. The fourth-order valence-corrected chi connectivity index (χ4v) is 13.8. The maximum atomic E-state index is 14.5. The number of esters is 1. The lowest BCUT2D eigenvalue weighted by atomic mass is 9.41. The van der Waals surface area contributed by atoms with Crippen molar-refractivity contribution in [3.05, 3.63) is 0 Å². The molecular formula is C35H50O10. The van der Waals surface area contributed by atoms with Crippen LogP contribution < -0.4 is 0 Å². The molecule has 5 saturated carbocycles. The van der Waals surface area contributed by atoms with E-state index in [4.69, 9.17) is 23.7 Å². The Morgan fingerprint density at radius 1 is 0.889 bits per heavy atom. The van der Waals surface area contributed by atoms with Crippen LogP contribution in [0.25, 0.3) is 0 Å². The number of hydrogen-bond acceptors (Lipinski definition) is 10. The third-order valence-electron chi connectivity index (χ3n) is 16.1. The summed E-state index contributed by atoms with van der Waals surface area (Å²) in [5, 5.41) is 30.7. The van der Waals surface area contributed by atoms with Crippen molar-refractivity contribution in [2.75, 3.05) is 6.61 Å². The van der Waals surface area contributed by atoms with E-state index in [0.29, 0.717) is 24.2 Å². The highest BCUT2D eigenvalue weighted by Gasteiger charge is 2.87. The molecular weight excluding hydrogens is 580 g/mol. The molecule has 10 heteroatoms. The summed E-state index contributed by atoms with van der Waals surface area (Å²) in [6, 6.07) is 0. The molecule has 3 spiro atoms. The van der Waals surface area contributed by atoms with Crippen LogP contribution in [0.3, 0.4) is 0 Å². The molecule has 10 nitrogen and oxygen atoms in total. The average Bonchev–Trinajstić information content (AvgIpc) is 3.82. The van der Waals surface area contributed by atoms with Crippen molar-refractivity contribution >= 4 is 11.8 Å². The van der Waals surface area contributed by atoms with Crippen molar-refractivity contribution in [2.24, 2.45) is 50.7 Å². The molecule has 4 saturated heterocycles. The molecule has 0 bridgehead atoms. The Kier molecular flexibility index (Phi) is 5.68. The molecule has 9 fully saturated rings. The van der Waals surface area contributed by atoms with Gasteiger partial charge in [0.15, 0.2) is 18.0 Å². The van der Waals surface area contributed by atoms with E-state index in [1.54, 1.807) is 0 Å². The molecule has 1 unspecified atom stereocenters. The highest BCUT2D eigenvalue weighted by atomic mass is 16.8. The van der Waals surface area contributed by atoms with Crippen LogP contribution in [-0.4, -0.2) is 88.0 Å². The van der Waals surface area contributed by atoms with Gasteiger partial charge < -0.3 is 39.0 Å². The van der Waals surface area contributed by atoms with Gasteiger partial charge >= 0.3 is 5.97 Å². The van der Waals surface area contributed by atoms with Crippen LogP contribution in [0.15, 0.2) is 0 Å². The first-order chi connectivity index (χ1) is 21.0. The van der Waals surface area contributed by atoms with Crippen LogP contribution in [0, 0.1) is 50.7 Å². The van der Waals surface area contributed by atoms with Gasteiger partial charge in [-0.1, -0.05) is 34.6 Å². The Morgan fingerprint density at radius 2 is 1.62 bits per heavy atom. The molecule has 0 amide bonds. The minimum atomic E-state index is -1.38. The topological polar surface area (TPSA) is 144 Å². The maximum Gasteiger partial charge on any atom is 0.343 e. The minimum Gasteiger partial charge on any atom is -0.428 e. The molecule has 0 aromatic rings. The zero-order valence-electron chi connectivity index (χ0n) is 27.4. The summed E-state index contributed by atoms with van der Waals surface area (Å²) in [5.74, 6) is 0.228. The lowest BCUT2D eigenvalue weighted by molar-refractivity contribution is -0.299. The largest absolute Gasteiger partial charge is 0.428 e. The zero-order chi connectivity index (χ0) is 31.9. The van der Waals surface area contributed by atoms with Crippen LogP contribution in [0.1, 0.15) is 92.9 Å². The van der Waals surface area contributed by atoms with Crippen molar-refractivity contribution in [1.29, 1.82) is 0 Å². The van der Waals surface area contributed by atoms with E-state index < -0.39 is 42.1 Å². The van der Waals surface area contributed by atoms with Gasteiger partial charge in [-0.25, -0.2) is 4.79 Å². The Labute approximate surface area is 264 Å². The number of aliphatic hydroxyl groups is 3. The van der Waals surface area contributed by atoms with E-state index in [2.05, 4.69) is 34.6 Å². The number of ketones is 1. The Hall–Kier alpha value is -1.14. The second-order valence-electron chi connectivity index (χ2n) is 18.0. The summed E-state index contributed by atoms with van der Waals surface area (Å²) in [4.78, 5) is 27.2. The molecule has 4 heterocycles. The molecule has 3 N–H and O–H groups in total. The highest BCUT2D eigenvalue weighted by Crippen LogP contribution is 2.88. The summed E-state index contributed by atoms with van der Waals surface area (Å²) >= 11 is 0. The number of rotatable bonds is 2. The van der Waals surface area contributed by atoms with E-state index in [-0.39, 0.29) is 70.0 Å². The van der Waals surface area contributed by atoms with Crippen molar-refractivity contribution in [1.82, 2.24) is 0 Å². The number of carbonyl (C=O) groups is 2. The van der Waals surface area contributed by atoms with Gasteiger partial charge in [-0.15, -0.1) is 0 Å². The first kappa shape index (κ1) is 30.0. The van der Waals surface area contributed by atoms with E-state index in [9.17, 15) is 24.9 Å². The molecule has 9 rings (SSSR count). The summed E-state index contributed by atoms with van der Waals surface area (Å²) < 4.78 is 30.7. The summed E-state index contributed by atoms with van der Waals surface area (Å²) in [6.45, 7) is 13.4. The molecule has 45 heavy (non-hydrogen) atoms. The normalized spacial score (nSPS) is 63.4. The predicted molar refractivity (Wildman–Crippen MR) is 156 cm³/mol. The number of epoxide rings is 1. The third kappa shape index (κ3) is 3.23. The van der Waals surface area contributed by atoms with Crippen LogP contribution >= 0.6 is 0 Å². The molecule has 17 atom stereocenters. The van der Waals surface area contributed by atoms with E-state index in [1.165, 1.54) is 0 Å².